The summed E-state index contributed by atoms with van der Waals surface area (Å²) in [5.41, 5.74) is 0.643. The number of anilines is 1. The molecule has 1 amide bonds. The van der Waals surface area contributed by atoms with Crippen molar-refractivity contribution in [3.8, 4) is 0 Å². The number of aromatic carboxylic acids is 1. The molecular weight excluding hydrogens is 344 g/mol. The molecule has 0 aliphatic heterocycles. The van der Waals surface area contributed by atoms with E-state index >= 15 is 0 Å². The number of amides is 1. The molecule has 0 aliphatic rings. The van der Waals surface area contributed by atoms with E-state index in [2.05, 4.69) is 4.72 Å². The highest BCUT2D eigenvalue weighted by atomic mass is 32.2. The van der Waals surface area contributed by atoms with Gasteiger partial charge in [0.15, 0.2) is 0 Å². The van der Waals surface area contributed by atoms with Crippen LogP contribution in [0.2, 0.25) is 0 Å². The molecule has 0 spiro atoms. The smallest absolute Gasteiger partial charge is 0.337 e. The molecule has 0 aromatic heterocycles. The van der Waals surface area contributed by atoms with Gasteiger partial charge in [0.2, 0.25) is 0 Å². The van der Waals surface area contributed by atoms with E-state index in [1.807, 2.05) is 6.92 Å². The Morgan fingerprint density at radius 3 is 2.16 bits per heavy atom. The Hall–Kier alpha value is -2.87. The van der Waals surface area contributed by atoms with Crippen molar-refractivity contribution in [3.05, 3.63) is 59.2 Å². The van der Waals surface area contributed by atoms with Gasteiger partial charge in [-0.3, -0.25) is 9.52 Å². The number of aryl methyl sites for hydroxylation is 1. The van der Waals surface area contributed by atoms with Crippen LogP contribution in [0.4, 0.5) is 5.69 Å². The Morgan fingerprint density at radius 1 is 1.04 bits per heavy atom. The standard InChI is InChI=1S/C17H18N2O5S/c1-11-4-7-13(8-5-11)25(23,24)18-15-9-6-12(16(20)19(2)3)10-14(15)17(21)22/h4-10,18H,1-3H3,(H,21,22). The molecule has 25 heavy (non-hydrogen) atoms. The van der Waals surface area contributed by atoms with Gasteiger partial charge < -0.3 is 10.0 Å². The minimum Gasteiger partial charge on any atom is -0.478 e. The van der Waals surface area contributed by atoms with Crippen molar-refractivity contribution in [2.75, 3.05) is 18.8 Å². The predicted octanol–water partition coefficient (Wildman–Crippen LogP) is 2.20. The van der Waals surface area contributed by atoms with Crippen LogP contribution in [0.3, 0.4) is 0 Å². The number of carbonyl (C=O) groups is 2. The highest BCUT2D eigenvalue weighted by molar-refractivity contribution is 7.92. The fourth-order valence-electron chi connectivity index (χ4n) is 2.12. The number of nitrogens with one attached hydrogen (secondary N) is 1. The minimum atomic E-state index is -3.94. The molecule has 2 aromatic rings. The molecule has 7 nitrogen and oxygen atoms in total. The number of carboxylic acids is 1. The summed E-state index contributed by atoms with van der Waals surface area (Å²) in [6.07, 6.45) is 0. The van der Waals surface area contributed by atoms with E-state index in [1.165, 1.54) is 43.3 Å². The zero-order valence-corrected chi connectivity index (χ0v) is 14.8. The average Bonchev–Trinajstić information content (AvgIpc) is 2.54. The summed E-state index contributed by atoms with van der Waals surface area (Å²) >= 11 is 0. The molecule has 0 fully saturated rings. The van der Waals surface area contributed by atoms with Crippen LogP contribution in [0.25, 0.3) is 0 Å². The molecule has 0 saturated carbocycles. The fourth-order valence-corrected chi connectivity index (χ4v) is 3.20. The molecular formula is C17H18N2O5S. The molecule has 0 bridgehead atoms. The summed E-state index contributed by atoms with van der Waals surface area (Å²) in [6, 6.07) is 9.95. The summed E-state index contributed by atoms with van der Waals surface area (Å²) < 4.78 is 27.1. The van der Waals surface area contributed by atoms with Gasteiger partial charge in [-0.15, -0.1) is 0 Å². The SMILES string of the molecule is Cc1ccc(S(=O)(=O)Nc2ccc(C(=O)N(C)C)cc2C(=O)O)cc1. The fraction of sp³-hybridized carbons (Fsp3) is 0.176. The molecule has 0 aliphatic carbocycles. The molecule has 0 radical (unpaired) electrons. The van der Waals surface area contributed by atoms with Gasteiger partial charge in [-0.25, -0.2) is 13.2 Å². The van der Waals surface area contributed by atoms with Gasteiger partial charge in [-0.1, -0.05) is 17.7 Å². The van der Waals surface area contributed by atoms with Crippen LogP contribution in [-0.4, -0.2) is 44.4 Å². The van der Waals surface area contributed by atoms with Crippen LogP contribution in [0, 0.1) is 6.92 Å². The first kappa shape index (κ1) is 18.5. The second kappa shape index (κ2) is 6.94. The molecule has 0 heterocycles. The van der Waals surface area contributed by atoms with Crippen molar-refractivity contribution >= 4 is 27.6 Å². The van der Waals surface area contributed by atoms with E-state index in [-0.39, 0.29) is 27.6 Å². The largest absolute Gasteiger partial charge is 0.478 e. The molecule has 0 saturated heterocycles. The van der Waals surface area contributed by atoms with Crippen molar-refractivity contribution in [2.24, 2.45) is 0 Å². The lowest BCUT2D eigenvalue weighted by molar-refractivity contribution is 0.0698. The van der Waals surface area contributed by atoms with E-state index in [4.69, 9.17) is 0 Å². The van der Waals surface area contributed by atoms with Gasteiger partial charge in [0.1, 0.15) is 0 Å². The molecule has 2 rings (SSSR count). The molecule has 2 N–H and O–H groups in total. The van der Waals surface area contributed by atoms with Crippen LogP contribution in [0.1, 0.15) is 26.3 Å². The van der Waals surface area contributed by atoms with Gasteiger partial charge in [-0.05, 0) is 37.3 Å². The molecule has 0 unspecified atom stereocenters. The summed E-state index contributed by atoms with van der Waals surface area (Å²) in [5, 5.41) is 9.35. The summed E-state index contributed by atoms with van der Waals surface area (Å²) in [6.45, 7) is 1.83. The number of nitrogens with zero attached hydrogens (tertiary/aromatic N) is 1. The summed E-state index contributed by atoms with van der Waals surface area (Å²) in [5.74, 6) is -1.72. The van der Waals surface area contributed by atoms with Gasteiger partial charge in [0, 0.05) is 19.7 Å². The maximum atomic E-state index is 12.4. The van der Waals surface area contributed by atoms with Crippen LogP contribution in [0.5, 0.6) is 0 Å². The van der Waals surface area contributed by atoms with Gasteiger partial charge in [0.25, 0.3) is 15.9 Å². The van der Waals surface area contributed by atoms with Gasteiger partial charge >= 0.3 is 5.97 Å². The quantitative estimate of drug-likeness (QED) is 0.848. The van der Waals surface area contributed by atoms with E-state index < -0.39 is 16.0 Å². The van der Waals surface area contributed by atoms with Crippen molar-refractivity contribution < 1.29 is 23.1 Å². The number of carbonyl (C=O) groups excluding carboxylic acids is 1. The van der Waals surface area contributed by atoms with Crippen LogP contribution in [0.15, 0.2) is 47.4 Å². The van der Waals surface area contributed by atoms with E-state index in [9.17, 15) is 23.1 Å². The third-order valence-corrected chi connectivity index (χ3v) is 4.86. The third-order valence-electron chi connectivity index (χ3n) is 3.48. The highest BCUT2D eigenvalue weighted by Crippen LogP contribution is 2.22. The number of hydrogen-bond donors (Lipinski definition) is 2. The summed E-state index contributed by atoms with van der Waals surface area (Å²) in [4.78, 5) is 24.8. The lowest BCUT2D eigenvalue weighted by atomic mass is 10.1. The first-order chi connectivity index (χ1) is 11.6. The Bertz CT molecular complexity index is 919. The lowest BCUT2D eigenvalue weighted by Crippen LogP contribution is -2.22. The third kappa shape index (κ3) is 4.16. The maximum Gasteiger partial charge on any atom is 0.337 e. The van der Waals surface area contributed by atoms with Gasteiger partial charge in [0.05, 0.1) is 16.1 Å². The summed E-state index contributed by atoms with van der Waals surface area (Å²) in [7, 11) is -0.867. The normalized spacial score (nSPS) is 11.0. The Kier molecular flexibility index (Phi) is 5.13. The predicted molar refractivity (Wildman–Crippen MR) is 93.4 cm³/mol. The second-order valence-corrected chi connectivity index (χ2v) is 7.37. The maximum absolute atomic E-state index is 12.4. The topological polar surface area (TPSA) is 104 Å². The zero-order valence-electron chi connectivity index (χ0n) is 14.0. The van der Waals surface area contributed by atoms with Crippen molar-refractivity contribution in [2.45, 2.75) is 11.8 Å². The lowest BCUT2D eigenvalue weighted by Gasteiger charge is -2.14. The van der Waals surface area contributed by atoms with E-state index in [0.29, 0.717) is 0 Å². The van der Waals surface area contributed by atoms with Crippen molar-refractivity contribution in [3.63, 3.8) is 0 Å². The Balaban J connectivity index is 2.43. The number of rotatable bonds is 5. The number of sulfonamides is 1. The zero-order chi connectivity index (χ0) is 18.8. The van der Waals surface area contributed by atoms with Crippen molar-refractivity contribution in [1.29, 1.82) is 0 Å². The number of carboxylic acid groups (broad SMARTS) is 1. The van der Waals surface area contributed by atoms with Crippen LogP contribution < -0.4 is 4.72 Å². The number of benzene rings is 2. The number of hydrogen-bond acceptors (Lipinski definition) is 4. The molecule has 0 atom stereocenters. The first-order valence-corrected chi connectivity index (χ1v) is 8.78. The van der Waals surface area contributed by atoms with Crippen LogP contribution in [-0.2, 0) is 10.0 Å². The Morgan fingerprint density at radius 2 is 1.64 bits per heavy atom. The second-order valence-electron chi connectivity index (χ2n) is 5.68. The van der Waals surface area contributed by atoms with E-state index in [1.54, 1.807) is 12.1 Å². The highest BCUT2D eigenvalue weighted by Gasteiger charge is 2.20. The van der Waals surface area contributed by atoms with Crippen LogP contribution >= 0.6 is 0 Å². The molecule has 2 aromatic carbocycles. The van der Waals surface area contributed by atoms with Crippen molar-refractivity contribution in [1.82, 2.24) is 4.90 Å². The average molecular weight is 362 g/mol. The van der Waals surface area contributed by atoms with E-state index in [0.717, 1.165) is 11.6 Å². The Labute approximate surface area is 146 Å². The van der Waals surface area contributed by atoms with Gasteiger partial charge in [-0.2, -0.15) is 0 Å². The molecule has 8 heteroatoms. The first-order valence-electron chi connectivity index (χ1n) is 7.30. The monoisotopic (exact) mass is 362 g/mol. The molecule has 132 valence electrons. The minimum absolute atomic E-state index is 0.0166.